The van der Waals surface area contributed by atoms with E-state index in [1.54, 1.807) is 30.9 Å². The van der Waals surface area contributed by atoms with Crippen molar-refractivity contribution >= 4 is 34.4 Å². The summed E-state index contributed by atoms with van der Waals surface area (Å²) in [6, 6.07) is 13.4. The van der Waals surface area contributed by atoms with Crippen LogP contribution in [-0.4, -0.2) is 50.6 Å². The van der Waals surface area contributed by atoms with Crippen LogP contribution in [0.3, 0.4) is 0 Å². The van der Waals surface area contributed by atoms with Crippen molar-refractivity contribution in [1.29, 1.82) is 0 Å². The van der Waals surface area contributed by atoms with Gasteiger partial charge in [-0.25, -0.2) is 4.98 Å². The molecule has 4 aromatic rings. The first-order valence-corrected chi connectivity index (χ1v) is 18.0. The van der Waals surface area contributed by atoms with Crippen LogP contribution in [0.1, 0.15) is 98.2 Å². The van der Waals surface area contributed by atoms with E-state index in [0.29, 0.717) is 40.9 Å². The molecule has 3 aliphatic rings. The summed E-state index contributed by atoms with van der Waals surface area (Å²) < 4.78 is 7.94. The summed E-state index contributed by atoms with van der Waals surface area (Å²) in [6.45, 7) is 2.00. The number of fused-ring (bicyclic) bond motifs is 1. The third-order valence-electron chi connectivity index (χ3n) is 11.2. The van der Waals surface area contributed by atoms with Crippen molar-refractivity contribution < 1.29 is 14.0 Å². The molecule has 0 bridgehead atoms. The fourth-order valence-corrected chi connectivity index (χ4v) is 8.65. The summed E-state index contributed by atoms with van der Waals surface area (Å²) in [7, 11) is 0. The molecule has 10 heteroatoms. The normalized spacial score (nSPS) is 19.4. The van der Waals surface area contributed by atoms with Crippen LogP contribution in [0.15, 0.2) is 70.4 Å². The van der Waals surface area contributed by atoms with E-state index in [0.717, 1.165) is 43.4 Å². The number of amides is 2. The molecule has 1 atom stereocenters. The lowest BCUT2D eigenvalue weighted by Gasteiger charge is -2.48. The molecule has 48 heavy (non-hydrogen) atoms. The summed E-state index contributed by atoms with van der Waals surface area (Å²) in [4.78, 5) is 47.2. The largest absolute Gasteiger partial charge is 0.451 e. The maximum absolute atomic E-state index is 14.2. The quantitative estimate of drug-likeness (QED) is 0.207. The Morgan fingerprint density at radius 2 is 1.69 bits per heavy atom. The van der Waals surface area contributed by atoms with Gasteiger partial charge in [-0.2, -0.15) is 5.10 Å². The monoisotopic (exact) mass is 669 g/mol. The molecule has 1 saturated heterocycles. The van der Waals surface area contributed by atoms with Crippen molar-refractivity contribution in [3.05, 3.63) is 93.3 Å². The Morgan fingerprint density at radius 1 is 0.958 bits per heavy atom. The van der Waals surface area contributed by atoms with Gasteiger partial charge >= 0.3 is 0 Å². The van der Waals surface area contributed by atoms with Gasteiger partial charge < -0.3 is 14.6 Å². The maximum atomic E-state index is 14.2. The van der Waals surface area contributed by atoms with Crippen LogP contribution in [0.2, 0.25) is 5.02 Å². The maximum Gasteiger partial charge on any atom is 0.287 e. The SMILES string of the molecule is O=C(N[C@H](Cc1ccc(Cl)cc1)C(=O)N1CCC(Cn2cncn2)(C2CCCCC2)CC1)c1cc(=O)c2cc(C3CCCC3)ccc2o1. The van der Waals surface area contributed by atoms with E-state index in [1.165, 1.54) is 51.0 Å². The number of likely N-dealkylation sites (tertiary alicyclic amines) is 1. The van der Waals surface area contributed by atoms with Crippen molar-refractivity contribution in [2.45, 2.75) is 95.6 Å². The van der Waals surface area contributed by atoms with Crippen LogP contribution in [0.4, 0.5) is 0 Å². The Morgan fingerprint density at radius 3 is 2.40 bits per heavy atom. The van der Waals surface area contributed by atoms with E-state index < -0.39 is 11.9 Å². The lowest BCUT2D eigenvalue weighted by Crippen LogP contribution is -2.54. The fourth-order valence-electron chi connectivity index (χ4n) is 8.52. The van der Waals surface area contributed by atoms with Crippen LogP contribution in [0, 0.1) is 11.3 Å². The molecule has 0 unspecified atom stereocenters. The molecule has 3 fully saturated rings. The number of halogens is 1. The highest BCUT2D eigenvalue weighted by Gasteiger charge is 2.44. The van der Waals surface area contributed by atoms with E-state index in [4.69, 9.17) is 16.0 Å². The molecule has 0 radical (unpaired) electrons. The summed E-state index contributed by atoms with van der Waals surface area (Å²) in [5.74, 6) is 0.225. The molecule has 2 aromatic heterocycles. The minimum atomic E-state index is -0.845. The topological polar surface area (TPSA) is 110 Å². The molecule has 2 amide bonds. The summed E-state index contributed by atoms with van der Waals surface area (Å²) in [6.07, 6.45) is 16.2. The van der Waals surface area contributed by atoms with E-state index in [2.05, 4.69) is 15.4 Å². The average molecular weight is 670 g/mol. The van der Waals surface area contributed by atoms with Gasteiger partial charge in [-0.05, 0) is 91.2 Å². The number of carbonyl (C=O) groups excluding carboxylic acids is 2. The van der Waals surface area contributed by atoms with Crippen LogP contribution in [0.25, 0.3) is 11.0 Å². The van der Waals surface area contributed by atoms with Crippen molar-refractivity contribution in [3.8, 4) is 0 Å². The lowest BCUT2D eigenvalue weighted by molar-refractivity contribution is -0.136. The number of nitrogens with zero attached hydrogens (tertiary/aromatic N) is 4. The smallest absolute Gasteiger partial charge is 0.287 e. The van der Waals surface area contributed by atoms with Gasteiger partial charge in [0.05, 0.1) is 5.39 Å². The van der Waals surface area contributed by atoms with Gasteiger partial charge in [-0.3, -0.25) is 19.1 Å². The van der Waals surface area contributed by atoms with Crippen LogP contribution in [0.5, 0.6) is 0 Å². The minimum Gasteiger partial charge on any atom is -0.451 e. The Labute approximate surface area is 286 Å². The number of hydrogen-bond donors (Lipinski definition) is 1. The Balaban J connectivity index is 1.10. The molecule has 0 spiro atoms. The molecule has 1 N–H and O–H groups in total. The summed E-state index contributed by atoms with van der Waals surface area (Å²) >= 11 is 6.15. The van der Waals surface area contributed by atoms with Crippen molar-refractivity contribution in [1.82, 2.24) is 25.0 Å². The molecular formula is C38H44ClN5O4. The predicted octanol–water partition coefficient (Wildman–Crippen LogP) is 6.93. The fraction of sp³-hybridized carbons (Fsp3) is 0.500. The third kappa shape index (κ3) is 7.07. The van der Waals surface area contributed by atoms with Gasteiger partial charge in [0.15, 0.2) is 11.2 Å². The minimum absolute atomic E-state index is 0.0476. The predicted molar refractivity (Wildman–Crippen MR) is 185 cm³/mol. The van der Waals surface area contributed by atoms with Crippen molar-refractivity contribution in [2.75, 3.05) is 13.1 Å². The first-order chi connectivity index (χ1) is 23.4. The first-order valence-electron chi connectivity index (χ1n) is 17.6. The number of aromatic nitrogens is 3. The number of nitrogens with one attached hydrogen (secondary N) is 1. The summed E-state index contributed by atoms with van der Waals surface area (Å²) in [5.41, 5.74) is 2.18. The highest BCUT2D eigenvalue weighted by atomic mass is 35.5. The molecule has 3 heterocycles. The molecule has 9 nitrogen and oxygen atoms in total. The highest BCUT2D eigenvalue weighted by molar-refractivity contribution is 6.30. The highest BCUT2D eigenvalue weighted by Crippen LogP contribution is 2.47. The molecule has 2 saturated carbocycles. The number of hydrogen-bond acceptors (Lipinski definition) is 6. The van der Waals surface area contributed by atoms with Gasteiger partial charge in [-0.15, -0.1) is 0 Å². The molecule has 1 aliphatic heterocycles. The second kappa shape index (κ2) is 14.2. The molecule has 2 aliphatic carbocycles. The van der Waals surface area contributed by atoms with E-state index in [-0.39, 0.29) is 28.9 Å². The zero-order chi connectivity index (χ0) is 33.1. The second-order valence-corrected chi connectivity index (χ2v) is 14.6. The van der Waals surface area contributed by atoms with Gasteiger partial charge in [0.2, 0.25) is 5.91 Å². The molecule has 7 rings (SSSR count). The average Bonchev–Trinajstić information content (AvgIpc) is 3.85. The van der Waals surface area contributed by atoms with E-state index in [1.807, 2.05) is 33.8 Å². The van der Waals surface area contributed by atoms with Crippen LogP contribution < -0.4 is 10.7 Å². The Bertz CT molecular complexity index is 1780. The number of piperidine rings is 1. The van der Waals surface area contributed by atoms with Gasteiger partial charge in [-0.1, -0.05) is 61.9 Å². The first kappa shape index (κ1) is 32.6. The lowest BCUT2D eigenvalue weighted by atomic mass is 9.63. The van der Waals surface area contributed by atoms with E-state index in [9.17, 15) is 14.4 Å². The number of carbonyl (C=O) groups is 2. The summed E-state index contributed by atoms with van der Waals surface area (Å²) in [5, 5.41) is 8.45. The zero-order valence-electron chi connectivity index (χ0n) is 27.4. The van der Waals surface area contributed by atoms with Gasteiger partial charge in [0.25, 0.3) is 5.91 Å². The number of rotatable bonds is 9. The zero-order valence-corrected chi connectivity index (χ0v) is 28.2. The van der Waals surface area contributed by atoms with E-state index >= 15 is 0 Å². The molecule has 252 valence electrons. The number of benzene rings is 2. The van der Waals surface area contributed by atoms with Crippen LogP contribution in [-0.2, 0) is 17.8 Å². The standard InChI is InChI=1S/C38H44ClN5O4/c39-30-13-10-26(11-14-30)20-32(42-36(46)35-22-33(45)31-21-28(12-15-34(31)48-35)27-6-4-5-7-27)37(47)43-18-16-38(17-19-43,23-44-25-40-24-41-44)29-8-2-1-3-9-29/h10-15,21-22,24-25,27,29,32H,1-9,16-20,23H2,(H,42,46)/t32-/m1/s1. The second-order valence-electron chi connectivity index (χ2n) is 14.2. The Kier molecular flexibility index (Phi) is 9.66. The molecular weight excluding hydrogens is 626 g/mol. The Hall–Kier alpha value is -3.98. The van der Waals surface area contributed by atoms with Gasteiger partial charge in [0, 0.05) is 37.1 Å². The van der Waals surface area contributed by atoms with Gasteiger partial charge in [0.1, 0.15) is 24.3 Å². The van der Waals surface area contributed by atoms with Crippen LogP contribution >= 0.6 is 11.6 Å². The molecule has 2 aromatic carbocycles. The van der Waals surface area contributed by atoms with Crippen molar-refractivity contribution in [3.63, 3.8) is 0 Å². The van der Waals surface area contributed by atoms with Crippen molar-refractivity contribution in [2.24, 2.45) is 11.3 Å². The third-order valence-corrected chi connectivity index (χ3v) is 11.5.